The fourth-order valence-corrected chi connectivity index (χ4v) is 7.49. The third kappa shape index (κ3) is 21.7. The Hall–Kier alpha value is 0.636. The van der Waals surface area contributed by atoms with E-state index in [9.17, 15) is 46.4 Å². The molecule has 2 aliphatic heterocycles. The van der Waals surface area contributed by atoms with Gasteiger partial charge in [0, 0.05) is 13.2 Å². The van der Waals surface area contributed by atoms with E-state index in [1.165, 1.54) is 0 Å². The summed E-state index contributed by atoms with van der Waals surface area (Å²) < 4.78 is 109. The second-order valence-corrected chi connectivity index (χ2v) is 16.6. The minimum Gasteiger partial charge on any atom is -1.00 e. The fourth-order valence-electron chi connectivity index (χ4n) is 6.14. The molecule has 23 heteroatoms. The maximum Gasteiger partial charge on any atom is 1.00 e. The Balaban J connectivity index is 0.00000143. The Morgan fingerprint density at radius 3 is 1.31 bits per heavy atom. The molecule has 0 aliphatic carbocycles. The zero-order valence-corrected chi connectivity index (χ0v) is 43.8. The summed E-state index contributed by atoms with van der Waals surface area (Å²) in [5.41, 5.74) is 2.66. The van der Waals surface area contributed by atoms with Crippen LogP contribution in [-0.4, -0.2) is 151 Å². The summed E-state index contributed by atoms with van der Waals surface area (Å²) >= 11 is 0. The van der Waals surface area contributed by atoms with Gasteiger partial charge in [-0.15, -0.1) is 0 Å². The van der Waals surface area contributed by atoms with Gasteiger partial charge in [-0.1, -0.05) is 91.0 Å². The maximum absolute atomic E-state index is 11.9. The van der Waals surface area contributed by atoms with Crippen LogP contribution in [0.1, 0.15) is 31.0 Å². The Kier molecular flexibility index (Phi) is 30.9. The zero-order chi connectivity index (χ0) is 42.8. The molecule has 18 nitrogen and oxygen atoms in total. The first-order chi connectivity index (χ1) is 28.2. The molecule has 0 aromatic heterocycles. The van der Waals surface area contributed by atoms with Gasteiger partial charge in [0.15, 0.2) is 12.6 Å². The van der Waals surface area contributed by atoms with E-state index in [4.69, 9.17) is 38.3 Å². The largest absolute Gasteiger partial charge is 1.00 e. The van der Waals surface area contributed by atoms with Crippen LogP contribution in [0, 0.1) is 0 Å². The van der Waals surface area contributed by atoms with Crippen molar-refractivity contribution in [3.8, 4) is 0 Å². The predicted octanol–water partition coefficient (Wildman–Crippen LogP) is -8.73. The first-order valence-electron chi connectivity index (χ1n) is 18.8. The molecule has 332 valence electrons. The third-order valence-corrected chi connectivity index (χ3v) is 10.5. The van der Waals surface area contributed by atoms with Crippen LogP contribution in [0.3, 0.4) is 0 Å². The second kappa shape index (κ2) is 31.6. The smallest absolute Gasteiger partial charge is 1.00 e. The van der Waals surface area contributed by atoms with E-state index in [1.54, 1.807) is 0 Å². The van der Waals surface area contributed by atoms with E-state index >= 15 is 0 Å². The minimum absolute atomic E-state index is 0. The van der Waals surface area contributed by atoms with Gasteiger partial charge in [-0.25, -0.2) is 16.8 Å². The predicted molar refractivity (Wildman–Crippen MR) is 206 cm³/mol. The van der Waals surface area contributed by atoms with Crippen molar-refractivity contribution in [2.45, 2.75) is 94.1 Å². The SMILES string of the molecule is O=S(=O)([O-])C[C@H]1O[C@H](OCCCO)[C@H](O)[C@@H](O)[C@@H]1O.O=S(=O)([O-])C[C@H]1O[C@H](OCCCO)[C@H](OCc2ccccc2)[C@@H](OCc2ccccc2)[C@@H]1OCc1ccccc1.[H-].[K+].[Na+].[Na+]. The Morgan fingerprint density at radius 2 is 0.887 bits per heavy atom. The van der Waals surface area contributed by atoms with Crippen molar-refractivity contribution in [2.24, 2.45) is 0 Å². The van der Waals surface area contributed by atoms with E-state index in [1.807, 2.05) is 91.0 Å². The number of aliphatic hydroxyl groups is 5. The molecule has 2 aliphatic rings. The molecule has 5 N–H and O–H groups in total. The average molecular weight is 959 g/mol. The summed E-state index contributed by atoms with van der Waals surface area (Å²) in [7, 11) is -9.37. The van der Waals surface area contributed by atoms with Crippen LogP contribution in [0.5, 0.6) is 0 Å². The van der Waals surface area contributed by atoms with Gasteiger partial charge in [-0.05, 0) is 29.5 Å². The van der Waals surface area contributed by atoms with E-state index in [0.717, 1.165) is 16.7 Å². The summed E-state index contributed by atoms with van der Waals surface area (Å²) in [5, 5.41) is 46.5. The molecule has 5 rings (SSSR count). The number of hydrogen-bond donors (Lipinski definition) is 5. The van der Waals surface area contributed by atoms with Crippen LogP contribution in [0.4, 0.5) is 0 Å². The second-order valence-electron chi connectivity index (χ2n) is 13.7. The number of ether oxygens (including phenoxy) is 7. The van der Waals surface area contributed by atoms with Crippen molar-refractivity contribution < 1.29 is 197 Å². The first kappa shape index (κ1) is 60.7. The van der Waals surface area contributed by atoms with Crippen LogP contribution in [0.25, 0.3) is 0 Å². The van der Waals surface area contributed by atoms with Crippen molar-refractivity contribution in [3.63, 3.8) is 0 Å². The van der Waals surface area contributed by atoms with Crippen LogP contribution >= 0.6 is 0 Å². The van der Waals surface area contributed by atoms with Gasteiger partial charge >= 0.3 is 110 Å². The van der Waals surface area contributed by atoms with Gasteiger partial charge in [-0.3, -0.25) is 0 Å². The molecular weight excluding hydrogens is 906 g/mol. The van der Waals surface area contributed by atoms with Crippen molar-refractivity contribution >= 4 is 20.2 Å². The minimum atomic E-state index is -4.70. The van der Waals surface area contributed by atoms with Gasteiger partial charge in [0.1, 0.15) is 48.8 Å². The molecule has 10 atom stereocenters. The number of aliphatic hydroxyl groups excluding tert-OH is 5. The normalized spacial score (nSPS) is 26.1. The van der Waals surface area contributed by atoms with Gasteiger partial charge in [0.05, 0.1) is 64.8 Å². The topological polar surface area (TPSA) is 280 Å². The van der Waals surface area contributed by atoms with Gasteiger partial charge < -0.3 is 69.2 Å². The standard InChI is InChI=1S/C30H36O9S.C9H18O9S.K.2Na.H/c31-17-10-18-35-30-29(38-21-25-15-8-3-9-16-25)28(37-20-24-13-6-2-7-14-24)27(26(39-30)22-40(32,33)34)36-19-23-11-4-1-5-12-23;10-2-1-3-17-9-8(13)7(12)6(11)5(18-9)4-19(14,15)16;;;;/h1-9,11-16,26-31H,10,17-22H2,(H,32,33,34);5-13H,1-4H2,(H,14,15,16);;;;/q;;3*+1;-1/p-2/t26-,27-,28+,29-,30+;5-,6-,7+,8-,9+;;;;/m11..../s1. The van der Waals surface area contributed by atoms with Gasteiger partial charge in [-0.2, -0.15) is 0 Å². The zero-order valence-electron chi connectivity index (χ0n) is 36.1. The maximum atomic E-state index is 11.9. The summed E-state index contributed by atoms with van der Waals surface area (Å²) in [5.74, 6) is -1.87. The Bertz CT molecular complexity index is 1850. The van der Waals surface area contributed by atoms with Crippen LogP contribution in [0.15, 0.2) is 91.0 Å². The molecule has 2 fully saturated rings. The summed E-state index contributed by atoms with van der Waals surface area (Å²) in [4.78, 5) is 0. The molecular formula is C39H53KNa2O18S2. The molecule has 0 spiro atoms. The van der Waals surface area contributed by atoms with Crippen molar-refractivity contribution in [3.05, 3.63) is 108 Å². The van der Waals surface area contributed by atoms with E-state index in [2.05, 4.69) is 0 Å². The molecule has 2 saturated heterocycles. The van der Waals surface area contributed by atoms with Crippen LogP contribution in [-0.2, 0) is 73.2 Å². The molecule has 0 amide bonds. The van der Waals surface area contributed by atoms with E-state index in [0.29, 0.717) is 6.42 Å². The molecule has 0 saturated carbocycles. The molecule has 2 heterocycles. The number of hydrogen-bond acceptors (Lipinski definition) is 18. The number of benzene rings is 3. The molecule has 0 radical (unpaired) electrons. The first-order valence-corrected chi connectivity index (χ1v) is 22.0. The Morgan fingerprint density at radius 1 is 0.516 bits per heavy atom. The van der Waals surface area contributed by atoms with Gasteiger partial charge in [0.2, 0.25) is 0 Å². The Labute approximate surface area is 450 Å². The quantitative estimate of drug-likeness (QED) is 0.0377. The average Bonchev–Trinajstić information content (AvgIpc) is 3.20. The van der Waals surface area contributed by atoms with E-state index in [-0.39, 0.29) is 165 Å². The summed E-state index contributed by atoms with van der Waals surface area (Å²) in [6, 6.07) is 28.4. The summed E-state index contributed by atoms with van der Waals surface area (Å²) in [6.45, 7) is 0.390. The van der Waals surface area contributed by atoms with Gasteiger partial charge in [0.25, 0.3) is 0 Å². The van der Waals surface area contributed by atoms with E-state index < -0.39 is 93.2 Å². The molecule has 0 unspecified atom stereocenters. The monoisotopic (exact) mass is 958 g/mol. The van der Waals surface area contributed by atoms with Crippen molar-refractivity contribution in [1.29, 1.82) is 0 Å². The third-order valence-electron chi connectivity index (χ3n) is 9.02. The van der Waals surface area contributed by atoms with Crippen LogP contribution < -0.4 is 110 Å². The molecule has 3 aromatic rings. The molecule has 0 bridgehead atoms. The molecule has 3 aromatic carbocycles. The summed E-state index contributed by atoms with van der Waals surface area (Å²) in [6.07, 6.45) is -12.2. The van der Waals surface area contributed by atoms with Crippen molar-refractivity contribution in [1.82, 2.24) is 0 Å². The molecule has 62 heavy (non-hydrogen) atoms. The number of rotatable bonds is 21. The van der Waals surface area contributed by atoms with Crippen molar-refractivity contribution in [2.75, 3.05) is 37.9 Å². The fraction of sp³-hybridized carbons (Fsp3) is 0.538. The van der Waals surface area contributed by atoms with Crippen LogP contribution in [0.2, 0.25) is 0 Å².